The molecule has 4 saturated heterocycles. The van der Waals surface area contributed by atoms with E-state index in [1.54, 1.807) is 36.6 Å². The lowest BCUT2D eigenvalue weighted by molar-refractivity contribution is -0.141. The van der Waals surface area contributed by atoms with Crippen molar-refractivity contribution in [2.75, 3.05) is 68.5 Å². The monoisotopic (exact) mass is 1100 g/mol. The summed E-state index contributed by atoms with van der Waals surface area (Å²) in [5.41, 5.74) is 14.1. The second-order valence-electron chi connectivity index (χ2n) is 22.1. The topological polar surface area (TPSA) is 240 Å². The number of aliphatic hydroxyl groups excluding tert-OH is 1. The number of nitrogens with one attached hydrogen (secondary N) is 1. The van der Waals surface area contributed by atoms with Gasteiger partial charge < -0.3 is 59.4 Å². The second kappa shape index (κ2) is 23.3. The number of para-hydroxylation sites is 1. The lowest BCUT2D eigenvalue weighted by Crippen LogP contribution is -2.54. The number of carbonyl (C=O) groups excluding carboxylic acids is 2. The minimum atomic E-state index is -0.875. The van der Waals surface area contributed by atoms with Crippen LogP contribution in [0.4, 0.5) is 17.2 Å². The quantitative estimate of drug-likeness (QED) is 0.0629. The summed E-state index contributed by atoms with van der Waals surface area (Å²) in [6.07, 6.45) is 7.13. The van der Waals surface area contributed by atoms with Gasteiger partial charge in [-0.25, -0.2) is 9.97 Å². The highest BCUT2D eigenvalue weighted by molar-refractivity contribution is 7.13. The summed E-state index contributed by atoms with van der Waals surface area (Å²) in [4.78, 5) is 46.9. The predicted octanol–water partition coefficient (Wildman–Crippen LogP) is 7.16. The van der Waals surface area contributed by atoms with Crippen LogP contribution in [0.15, 0.2) is 83.0 Å². The number of phenols is 1. The third-order valence-corrected chi connectivity index (χ3v) is 17.4. The van der Waals surface area contributed by atoms with Crippen molar-refractivity contribution < 1.29 is 43.3 Å². The maximum Gasteiger partial charge on any atom is 0.254 e. The molecular weight excluding hydrogens is 1030 g/mol. The van der Waals surface area contributed by atoms with E-state index in [0.717, 1.165) is 97.8 Å². The molecule has 5 N–H and O–H groups in total. The molecule has 11 rings (SSSR count). The number of anilines is 3. The minimum Gasteiger partial charge on any atom is -0.507 e. The Labute approximate surface area is 464 Å². The summed E-state index contributed by atoms with van der Waals surface area (Å²) in [7, 11) is 1.60. The number of hydrogen-bond acceptors (Lipinski definition) is 19. The molecule has 2 aromatic carbocycles. The van der Waals surface area contributed by atoms with Crippen LogP contribution in [0, 0.1) is 12.8 Å². The Morgan fingerprint density at radius 2 is 1.68 bits per heavy atom. The van der Waals surface area contributed by atoms with Crippen LogP contribution in [0.1, 0.15) is 94.7 Å². The number of ether oxygens (including phenoxy) is 4. The zero-order chi connectivity index (χ0) is 54.9. The molecule has 5 aliphatic rings. The van der Waals surface area contributed by atoms with Gasteiger partial charge in [-0.05, 0) is 86.5 Å². The Morgan fingerprint density at radius 1 is 0.899 bits per heavy atom. The molecule has 2 unspecified atom stereocenters. The highest BCUT2D eigenvalue weighted by Crippen LogP contribution is 2.41. The molecule has 2 bridgehead atoms. The normalized spacial score (nSPS) is 23.2. The van der Waals surface area contributed by atoms with E-state index in [2.05, 4.69) is 57.5 Å². The molecule has 79 heavy (non-hydrogen) atoms. The van der Waals surface area contributed by atoms with Crippen molar-refractivity contribution in [2.24, 2.45) is 5.92 Å². The molecule has 6 aromatic rings. The predicted molar refractivity (Wildman–Crippen MR) is 298 cm³/mol. The number of aromatic hydroxyl groups is 1. The molecule has 5 fully saturated rings. The number of amides is 2. The zero-order valence-electron chi connectivity index (χ0n) is 45.4. The fourth-order valence-electron chi connectivity index (χ4n) is 12.2. The third-order valence-electron chi connectivity index (χ3n) is 16.4. The number of piperazine rings is 1. The van der Waals surface area contributed by atoms with Crippen molar-refractivity contribution in [1.29, 1.82) is 0 Å². The summed E-state index contributed by atoms with van der Waals surface area (Å²) < 4.78 is 30.5. The van der Waals surface area contributed by atoms with E-state index >= 15 is 0 Å². The summed E-state index contributed by atoms with van der Waals surface area (Å²) >= 11 is 1.55. The van der Waals surface area contributed by atoms with Gasteiger partial charge in [-0.2, -0.15) is 0 Å². The van der Waals surface area contributed by atoms with E-state index < -0.39 is 24.1 Å². The van der Waals surface area contributed by atoms with Crippen LogP contribution in [-0.4, -0.2) is 153 Å². The van der Waals surface area contributed by atoms with Gasteiger partial charge in [0.2, 0.25) is 17.7 Å². The first-order valence-electron chi connectivity index (χ1n) is 27.7. The van der Waals surface area contributed by atoms with Crippen LogP contribution >= 0.6 is 11.3 Å². The number of piperidine rings is 1. The van der Waals surface area contributed by atoms with E-state index in [-0.39, 0.29) is 66.8 Å². The number of nitrogen functional groups attached to an aromatic ring is 1. The molecule has 20 nitrogen and oxygen atoms in total. The number of thiazole rings is 1. The molecule has 4 aliphatic heterocycles. The fourth-order valence-corrected chi connectivity index (χ4v) is 13.0. The van der Waals surface area contributed by atoms with Gasteiger partial charge in [0.15, 0.2) is 11.6 Å². The molecule has 8 heterocycles. The van der Waals surface area contributed by atoms with E-state index in [0.29, 0.717) is 53.5 Å². The van der Waals surface area contributed by atoms with Gasteiger partial charge >= 0.3 is 0 Å². The van der Waals surface area contributed by atoms with Crippen molar-refractivity contribution >= 4 is 40.3 Å². The number of hydrogen-bond donors (Lipinski definition) is 4. The van der Waals surface area contributed by atoms with E-state index in [4.69, 9.17) is 29.2 Å². The zero-order valence-corrected chi connectivity index (χ0v) is 46.3. The van der Waals surface area contributed by atoms with E-state index in [9.17, 15) is 19.8 Å². The molecular formula is C58H71N11O9S. The van der Waals surface area contributed by atoms with Crippen LogP contribution in [0.5, 0.6) is 23.3 Å². The number of β-amino-alcohol motifs (C(OH)–C–C–N with tert-alkyl or cyclic N) is 1. The van der Waals surface area contributed by atoms with Crippen molar-refractivity contribution in [3.63, 3.8) is 0 Å². The summed E-state index contributed by atoms with van der Waals surface area (Å²) in [6, 6.07) is 20.0. The molecule has 6 atom stereocenters. The number of nitrogens with two attached hydrogens (primary N) is 1. The van der Waals surface area contributed by atoms with Crippen LogP contribution in [0.25, 0.3) is 21.7 Å². The average molecular weight is 1100 g/mol. The Hall–Kier alpha value is -7.07. The van der Waals surface area contributed by atoms with Crippen molar-refractivity contribution in [3.8, 4) is 45.0 Å². The highest BCUT2D eigenvalue weighted by Gasteiger charge is 2.45. The summed E-state index contributed by atoms with van der Waals surface area (Å²) in [5, 5.41) is 37.1. The van der Waals surface area contributed by atoms with Gasteiger partial charge in [0.05, 0.1) is 58.9 Å². The Kier molecular flexibility index (Phi) is 15.9. The number of aliphatic hydroxyl groups is 1. The van der Waals surface area contributed by atoms with Crippen LogP contribution in [0.2, 0.25) is 0 Å². The average Bonchev–Trinajstić information content (AvgIpc) is 4.36. The van der Waals surface area contributed by atoms with E-state index in [1.165, 1.54) is 4.90 Å². The number of phenolic OH excluding ortho intramolecular Hbond substituents is 1. The van der Waals surface area contributed by atoms with Crippen molar-refractivity contribution in [1.82, 2.24) is 40.4 Å². The van der Waals surface area contributed by atoms with Crippen molar-refractivity contribution in [2.45, 2.75) is 127 Å². The second-order valence-corrected chi connectivity index (χ2v) is 22.9. The van der Waals surface area contributed by atoms with Crippen LogP contribution in [-0.2, 0) is 14.3 Å². The first-order chi connectivity index (χ1) is 38.3. The standard InChI is InChI=1S/C58H71N11O9S/c1-33(2)54(58(73)68-31-40(70)24-48(68)57(72)62-34(3)44-13-10-36(22-50(44)74-5)55-35(4)61-32-79-55)51-28-53(65-78-51)75-21-20-66-18-15-41(16-19-66)76-42-25-43(26-42)77-52-23-37(14-17-60-52)69-38-11-12-39(69)30-67(29-38)47-27-46(63-64-56(47)59)45-8-6-7-9-49(45)71/h6-10,13-14,17,22-23,27-28,32-34,38-43,48,54,70-71H,11-12,15-16,18-21,24-26,29-31H2,1-5H3,(H2,59,64)(H,62,72)/t34-,38?,39?,40+,42?,43?,48-,54+/m0/s1. The van der Waals surface area contributed by atoms with Gasteiger partial charge in [0, 0.05) is 106 Å². The Balaban J connectivity index is 0.606. The maximum atomic E-state index is 14.3. The SMILES string of the molecule is COc1cc(-c2scnc2C)ccc1[C@H](C)NC(=O)[C@@H]1C[C@@H](O)CN1C(=O)[C@@H](c1cc(OCCN2CCC(OC3CC(Oc4cc(N5C6CCC5CN(c5cc(-c7ccccc7O)nnc5N)C6)ccn4)C3)CC2)no1)C(C)C. The number of nitrogens with zero attached hydrogens (tertiary/aromatic N) is 9. The number of rotatable bonds is 19. The molecule has 2 amide bonds. The lowest BCUT2D eigenvalue weighted by atomic mass is 9.91. The van der Waals surface area contributed by atoms with Gasteiger partial charge in [-0.1, -0.05) is 38.1 Å². The number of pyridine rings is 1. The first-order valence-corrected chi connectivity index (χ1v) is 28.6. The molecule has 1 saturated carbocycles. The summed E-state index contributed by atoms with van der Waals surface area (Å²) in [5.74, 6) is 0.830. The Bertz CT molecular complexity index is 3090. The number of benzene rings is 2. The molecule has 4 aromatic heterocycles. The van der Waals surface area contributed by atoms with Gasteiger partial charge in [0.25, 0.3) is 5.88 Å². The van der Waals surface area contributed by atoms with Gasteiger partial charge in [-0.3, -0.25) is 14.5 Å². The number of aryl methyl sites for hydroxylation is 1. The molecule has 1 aliphatic carbocycles. The fraction of sp³-hybridized carbons (Fsp3) is 0.500. The van der Waals surface area contributed by atoms with Crippen LogP contribution < -0.4 is 35.1 Å². The molecule has 0 radical (unpaired) electrons. The van der Waals surface area contributed by atoms with Gasteiger partial charge in [0.1, 0.15) is 36.2 Å². The maximum absolute atomic E-state index is 14.3. The molecule has 21 heteroatoms. The van der Waals surface area contributed by atoms with Gasteiger partial charge in [-0.15, -0.1) is 21.5 Å². The number of aromatic nitrogens is 5. The number of carbonyl (C=O) groups is 2. The largest absolute Gasteiger partial charge is 0.507 e. The molecule has 0 spiro atoms. The summed E-state index contributed by atoms with van der Waals surface area (Å²) in [6.45, 7) is 12.2. The Morgan fingerprint density at radius 3 is 2.42 bits per heavy atom. The molecule has 418 valence electrons. The van der Waals surface area contributed by atoms with E-state index in [1.807, 2.05) is 75.8 Å². The minimum absolute atomic E-state index is 0.0284. The smallest absolute Gasteiger partial charge is 0.254 e. The van der Waals surface area contributed by atoms with Crippen LogP contribution in [0.3, 0.4) is 0 Å². The third kappa shape index (κ3) is 11.7. The number of likely N-dealkylation sites (tertiary alicyclic amines) is 2. The number of methoxy groups -OCH3 is 1. The van der Waals surface area contributed by atoms with Crippen molar-refractivity contribution in [3.05, 3.63) is 95.5 Å². The first kappa shape index (κ1) is 53.9. The lowest BCUT2D eigenvalue weighted by Gasteiger charge is -2.43. The highest BCUT2D eigenvalue weighted by atomic mass is 32.1. The number of fused-ring (bicyclic) bond motifs is 2.